The van der Waals surface area contributed by atoms with Crippen LogP contribution in [0.1, 0.15) is 12.0 Å². The number of hydrogen-bond donors (Lipinski definition) is 2. The number of anilines is 2. The zero-order valence-electron chi connectivity index (χ0n) is 12.0. The second-order valence-corrected chi connectivity index (χ2v) is 7.40. The van der Waals surface area contributed by atoms with Gasteiger partial charge in [-0.2, -0.15) is 10.4 Å². The number of hydrogen-bond acceptors (Lipinski definition) is 7. The van der Waals surface area contributed by atoms with Gasteiger partial charge in [-0.15, -0.1) is 0 Å². The summed E-state index contributed by atoms with van der Waals surface area (Å²) in [6, 6.07) is 2.08. The summed E-state index contributed by atoms with van der Waals surface area (Å²) in [6.45, 7) is 3.45. The topological polar surface area (TPSA) is 117 Å². The molecule has 0 amide bonds. The van der Waals surface area contributed by atoms with Crippen LogP contribution in [0.25, 0.3) is 0 Å². The molecule has 0 radical (unpaired) electrons. The number of nitrogens with two attached hydrogens (primary N) is 1. The first kappa shape index (κ1) is 15.6. The average Bonchev–Trinajstić information content (AvgIpc) is 2.60. The SMILES string of the molecule is CS(=O)(=O)CCn1nc(N2CCCNCC2)c(C#N)c1N. The minimum absolute atomic E-state index is 0.0508. The Balaban J connectivity index is 2.27. The van der Waals surface area contributed by atoms with Gasteiger partial charge in [-0.25, -0.2) is 13.1 Å². The summed E-state index contributed by atoms with van der Waals surface area (Å²) in [5.74, 6) is 0.727. The van der Waals surface area contributed by atoms with Crippen molar-refractivity contribution in [2.24, 2.45) is 0 Å². The van der Waals surface area contributed by atoms with E-state index in [-0.39, 0.29) is 18.1 Å². The van der Waals surface area contributed by atoms with Crippen LogP contribution in [0.3, 0.4) is 0 Å². The van der Waals surface area contributed by atoms with E-state index in [4.69, 9.17) is 5.73 Å². The predicted molar refractivity (Wildman–Crippen MR) is 80.8 cm³/mol. The number of sulfone groups is 1. The molecule has 1 aliphatic rings. The minimum atomic E-state index is -3.10. The van der Waals surface area contributed by atoms with E-state index >= 15 is 0 Å². The highest BCUT2D eigenvalue weighted by Crippen LogP contribution is 2.24. The average molecular weight is 312 g/mol. The van der Waals surface area contributed by atoms with Crippen molar-refractivity contribution in [1.29, 1.82) is 5.26 Å². The molecule has 21 heavy (non-hydrogen) atoms. The Labute approximate surface area is 124 Å². The maximum absolute atomic E-state index is 11.3. The van der Waals surface area contributed by atoms with Crippen LogP contribution in [0.4, 0.5) is 11.6 Å². The lowest BCUT2D eigenvalue weighted by Crippen LogP contribution is -2.29. The zero-order valence-corrected chi connectivity index (χ0v) is 12.9. The van der Waals surface area contributed by atoms with E-state index in [1.54, 1.807) is 0 Å². The lowest BCUT2D eigenvalue weighted by Gasteiger charge is -2.19. The van der Waals surface area contributed by atoms with Gasteiger partial charge in [0.25, 0.3) is 0 Å². The smallest absolute Gasteiger partial charge is 0.170 e. The van der Waals surface area contributed by atoms with Crippen molar-refractivity contribution in [3.8, 4) is 6.07 Å². The first-order valence-electron chi connectivity index (χ1n) is 6.82. The second-order valence-electron chi connectivity index (χ2n) is 5.14. The van der Waals surface area contributed by atoms with Crippen molar-refractivity contribution in [3.05, 3.63) is 5.56 Å². The Morgan fingerprint density at radius 3 is 2.86 bits per heavy atom. The summed E-state index contributed by atoms with van der Waals surface area (Å²) in [5.41, 5.74) is 6.26. The molecule has 8 nitrogen and oxygen atoms in total. The largest absolute Gasteiger partial charge is 0.383 e. The third-order valence-corrected chi connectivity index (χ3v) is 4.32. The first-order valence-corrected chi connectivity index (χ1v) is 8.88. The van der Waals surface area contributed by atoms with Gasteiger partial charge in [-0.05, 0) is 13.0 Å². The Kier molecular flexibility index (Phi) is 4.69. The third-order valence-electron chi connectivity index (χ3n) is 3.40. The van der Waals surface area contributed by atoms with Gasteiger partial charge < -0.3 is 16.0 Å². The van der Waals surface area contributed by atoms with Crippen molar-refractivity contribution in [1.82, 2.24) is 15.1 Å². The molecular formula is C12H20N6O2S. The van der Waals surface area contributed by atoms with Crippen molar-refractivity contribution in [2.45, 2.75) is 13.0 Å². The molecule has 1 aromatic rings. The molecule has 1 aromatic heterocycles. The van der Waals surface area contributed by atoms with E-state index in [2.05, 4.69) is 16.5 Å². The van der Waals surface area contributed by atoms with Crippen LogP contribution in [-0.2, 0) is 16.4 Å². The fraction of sp³-hybridized carbons (Fsp3) is 0.667. The molecule has 116 valence electrons. The Morgan fingerprint density at radius 1 is 1.43 bits per heavy atom. The van der Waals surface area contributed by atoms with Gasteiger partial charge >= 0.3 is 0 Å². The number of nitrogens with one attached hydrogen (secondary N) is 1. The van der Waals surface area contributed by atoms with Gasteiger partial charge in [0.2, 0.25) is 0 Å². The maximum atomic E-state index is 11.3. The molecule has 0 bridgehead atoms. The van der Waals surface area contributed by atoms with Crippen molar-refractivity contribution in [2.75, 3.05) is 48.8 Å². The van der Waals surface area contributed by atoms with E-state index in [0.717, 1.165) is 32.6 Å². The van der Waals surface area contributed by atoms with Gasteiger partial charge in [-0.1, -0.05) is 0 Å². The summed E-state index contributed by atoms with van der Waals surface area (Å²) in [5, 5.41) is 16.9. The number of aryl methyl sites for hydroxylation is 1. The van der Waals surface area contributed by atoms with Crippen LogP contribution in [0.15, 0.2) is 0 Å². The summed E-state index contributed by atoms with van der Waals surface area (Å²) in [4.78, 5) is 2.02. The number of nitrogen functional groups attached to an aromatic ring is 1. The van der Waals surface area contributed by atoms with Crippen LogP contribution in [0.5, 0.6) is 0 Å². The number of rotatable bonds is 4. The molecule has 0 aliphatic carbocycles. The molecular weight excluding hydrogens is 292 g/mol. The fourth-order valence-corrected chi connectivity index (χ4v) is 2.78. The minimum Gasteiger partial charge on any atom is -0.383 e. The van der Waals surface area contributed by atoms with Crippen LogP contribution < -0.4 is 16.0 Å². The molecule has 1 aliphatic heterocycles. The van der Waals surface area contributed by atoms with E-state index in [1.165, 1.54) is 10.9 Å². The van der Waals surface area contributed by atoms with Gasteiger partial charge in [0, 0.05) is 25.9 Å². The summed E-state index contributed by atoms with van der Waals surface area (Å²) in [6.07, 6.45) is 2.13. The van der Waals surface area contributed by atoms with Crippen LogP contribution in [0, 0.1) is 11.3 Å². The number of nitriles is 1. The Hall–Kier alpha value is -1.79. The van der Waals surface area contributed by atoms with Crippen molar-refractivity contribution < 1.29 is 8.42 Å². The lowest BCUT2D eigenvalue weighted by molar-refractivity contribution is 0.587. The molecule has 9 heteroatoms. The predicted octanol–water partition coefficient (Wildman–Crippen LogP) is -0.819. The highest BCUT2D eigenvalue weighted by molar-refractivity contribution is 7.90. The number of nitrogens with zero attached hydrogens (tertiary/aromatic N) is 4. The van der Waals surface area contributed by atoms with Crippen molar-refractivity contribution in [3.63, 3.8) is 0 Å². The van der Waals surface area contributed by atoms with Crippen LogP contribution in [-0.4, -0.2) is 56.4 Å². The van der Waals surface area contributed by atoms with E-state index in [9.17, 15) is 13.7 Å². The molecule has 3 N–H and O–H groups in total. The molecule has 0 saturated carbocycles. The quantitative estimate of drug-likeness (QED) is 0.746. The highest BCUT2D eigenvalue weighted by Gasteiger charge is 2.22. The molecule has 2 heterocycles. The van der Waals surface area contributed by atoms with E-state index in [1.807, 2.05) is 4.90 Å². The van der Waals surface area contributed by atoms with Crippen molar-refractivity contribution >= 4 is 21.5 Å². The second kappa shape index (κ2) is 6.32. The molecule has 0 aromatic carbocycles. The molecule has 1 fully saturated rings. The summed E-state index contributed by atoms with van der Waals surface area (Å²) < 4.78 is 23.9. The molecule has 2 rings (SSSR count). The first-order chi connectivity index (χ1) is 9.92. The third kappa shape index (κ3) is 3.86. The van der Waals surface area contributed by atoms with E-state index in [0.29, 0.717) is 11.4 Å². The summed E-state index contributed by atoms with van der Waals surface area (Å²) >= 11 is 0. The highest BCUT2D eigenvalue weighted by atomic mass is 32.2. The van der Waals surface area contributed by atoms with Gasteiger partial charge in [0.15, 0.2) is 5.82 Å². The zero-order chi connectivity index (χ0) is 15.5. The molecule has 1 saturated heterocycles. The Bertz CT molecular complexity index is 637. The monoisotopic (exact) mass is 312 g/mol. The lowest BCUT2D eigenvalue weighted by atomic mass is 10.3. The Morgan fingerprint density at radius 2 is 2.19 bits per heavy atom. The number of aromatic nitrogens is 2. The van der Waals surface area contributed by atoms with Crippen LogP contribution in [0.2, 0.25) is 0 Å². The molecule has 0 unspecified atom stereocenters. The normalized spacial score (nSPS) is 16.5. The fourth-order valence-electron chi connectivity index (χ4n) is 2.27. The maximum Gasteiger partial charge on any atom is 0.170 e. The van der Waals surface area contributed by atoms with Crippen LogP contribution >= 0.6 is 0 Å². The standard InChI is InChI=1S/C12H20N6O2S/c1-21(19,20)8-7-18-11(14)10(9-13)12(16-18)17-5-2-3-15-4-6-17/h15H,2-8,14H2,1H3. The van der Waals surface area contributed by atoms with Gasteiger partial charge in [0.05, 0.1) is 12.3 Å². The van der Waals surface area contributed by atoms with Gasteiger partial charge in [-0.3, -0.25) is 0 Å². The van der Waals surface area contributed by atoms with Gasteiger partial charge in [0.1, 0.15) is 27.3 Å². The van der Waals surface area contributed by atoms with E-state index < -0.39 is 9.84 Å². The molecule has 0 atom stereocenters. The molecule has 0 spiro atoms. The summed E-state index contributed by atoms with van der Waals surface area (Å²) in [7, 11) is -3.10.